The molecule has 0 radical (unpaired) electrons. The van der Waals surface area contributed by atoms with Crippen LogP contribution in [0.5, 0.6) is 0 Å². The van der Waals surface area contributed by atoms with Crippen LogP contribution in [0.1, 0.15) is 24.8 Å². The van der Waals surface area contributed by atoms with Crippen LogP contribution in [0.2, 0.25) is 5.02 Å². The van der Waals surface area contributed by atoms with Crippen molar-refractivity contribution in [1.82, 2.24) is 10.6 Å². The molecule has 5 nitrogen and oxygen atoms in total. The number of hydrogen-bond donors (Lipinski definition) is 2. The van der Waals surface area contributed by atoms with Crippen molar-refractivity contribution in [2.24, 2.45) is 4.99 Å². The quantitative estimate of drug-likeness (QED) is 0.294. The first-order valence-corrected chi connectivity index (χ1v) is 8.57. The number of ether oxygens (including phenoxy) is 2. The van der Waals surface area contributed by atoms with Gasteiger partial charge >= 0.3 is 0 Å². The first kappa shape index (κ1) is 19.8. The van der Waals surface area contributed by atoms with Gasteiger partial charge < -0.3 is 20.1 Å². The molecule has 0 amide bonds. The van der Waals surface area contributed by atoms with Gasteiger partial charge in [0.15, 0.2) is 5.96 Å². The number of nitrogens with one attached hydrogen (secondary N) is 2. The van der Waals surface area contributed by atoms with Crippen molar-refractivity contribution >= 4 is 41.5 Å². The van der Waals surface area contributed by atoms with Gasteiger partial charge in [0.1, 0.15) is 0 Å². The maximum Gasteiger partial charge on any atom is 0.191 e. The van der Waals surface area contributed by atoms with Crippen molar-refractivity contribution in [2.75, 3.05) is 20.2 Å². The van der Waals surface area contributed by atoms with Gasteiger partial charge in [-0.3, -0.25) is 4.99 Å². The Kier molecular flexibility index (Phi) is 8.06. The maximum atomic E-state index is 5.86. The highest BCUT2D eigenvalue weighted by atomic mass is 127. The summed E-state index contributed by atoms with van der Waals surface area (Å²) in [5, 5.41) is 7.49. The van der Waals surface area contributed by atoms with Crippen molar-refractivity contribution in [3.05, 3.63) is 34.9 Å². The SMILES string of the molecule is CN=C(NCCOCc1ccc(Cl)cc1)NC1CC2CCC1O2.I. The highest BCUT2D eigenvalue weighted by molar-refractivity contribution is 14.0. The fraction of sp³-hybridized carbons (Fsp3) is 0.588. The summed E-state index contributed by atoms with van der Waals surface area (Å²) in [5.41, 5.74) is 1.12. The zero-order valence-electron chi connectivity index (χ0n) is 13.8. The summed E-state index contributed by atoms with van der Waals surface area (Å²) in [5.74, 6) is 0.821. The highest BCUT2D eigenvalue weighted by Crippen LogP contribution is 2.34. The van der Waals surface area contributed by atoms with Crippen LogP contribution in [0.25, 0.3) is 0 Å². The van der Waals surface area contributed by atoms with E-state index in [1.54, 1.807) is 7.05 Å². The largest absolute Gasteiger partial charge is 0.375 e. The molecule has 3 unspecified atom stereocenters. The Labute approximate surface area is 165 Å². The van der Waals surface area contributed by atoms with Gasteiger partial charge in [0.2, 0.25) is 0 Å². The lowest BCUT2D eigenvalue weighted by Crippen LogP contribution is -2.48. The molecule has 2 aliphatic heterocycles. The lowest BCUT2D eigenvalue weighted by Gasteiger charge is -2.22. The van der Waals surface area contributed by atoms with Crippen LogP contribution in [0.4, 0.5) is 0 Å². The molecule has 0 aromatic heterocycles. The Balaban J connectivity index is 0.00000208. The smallest absolute Gasteiger partial charge is 0.191 e. The van der Waals surface area contributed by atoms with Gasteiger partial charge in [-0.1, -0.05) is 23.7 Å². The van der Waals surface area contributed by atoms with Gasteiger partial charge in [-0.15, -0.1) is 24.0 Å². The predicted octanol–water partition coefficient (Wildman–Crippen LogP) is 2.96. The number of benzene rings is 1. The van der Waals surface area contributed by atoms with Crippen LogP contribution >= 0.6 is 35.6 Å². The summed E-state index contributed by atoms with van der Waals surface area (Å²) in [4.78, 5) is 4.27. The summed E-state index contributed by atoms with van der Waals surface area (Å²) in [6.07, 6.45) is 4.23. The minimum Gasteiger partial charge on any atom is -0.375 e. The molecule has 0 aliphatic carbocycles. The Morgan fingerprint density at radius 2 is 2.12 bits per heavy atom. The van der Waals surface area contributed by atoms with Crippen LogP contribution in [-0.4, -0.2) is 44.4 Å². The number of fused-ring (bicyclic) bond motifs is 2. The molecular formula is C17H25ClIN3O2. The molecule has 134 valence electrons. The minimum absolute atomic E-state index is 0. The van der Waals surface area contributed by atoms with Crippen molar-refractivity contribution in [2.45, 2.75) is 44.1 Å². The van der Waals surface area contributed by atoms with E-state index >= 15 is 0 Å². The molecule has 3 rings (SSSR count). The monoisotopic (exact) mass is 465 g/mol. The average molecular weight is 466 g/mol. The third kappa shape index (κ3) is 5.47. The van der Waals surface area contributed by atoms with Gasteiger partial charge in [-0.25, -0.2) is 0 Å². The van der Waals surface area contributed by atoms with Gasteiger partial charge in [-0.2, -0.15) is 0 Å². The normalized spacial score (nSPS) is 25.4. The van der Waals surface area contributed by atoms with E-state index in [1.165, 1.54) is 6.42 Å². The van der Waals surface area contributed by atoms with Crippen molar-refractivity contribution < 1.29 is 9.47 Å². The third-order valence-corrected chi connectivity index (χ3v) is 4.62. The number of halogens is 2. The Bertz CT molecular complexity index is 541. The Hall–Kier alpha value is -0.570. The number of guanidine groups is 1. The van der Waals surface area contributed by atoms with E-state index in [0.717, 1.165) is 35.9 Å². The topological polar surface area (TPSA) is 54.9 Å². The molecule has 1 aromatic carbocycles. The van der Waals surface area contributed by atoms with Gasteiger partial charge in [0, 0.05) is 18.6 Å². The van der Waals surface area contributed by atoms with Crippen LogP contribution < -0.4 is 10.6 Å². The fourth-order valence-electron chi connectivity index (χ4n) is 3.17. The Morgan fingerprint density at radius 3 is 2.75 bits per heavy atom. The van der Waals surface area contributed by atoms with Crippen LogP contribution in [0.3, 0.4) is 0 Å². The second-order valence-corrected chi connectivity index (χ2v) is 6.47. The fourth-order valence-corrected chi connectivity index (χ4v) is 3.30. The molecule has 3 atom stereocenters. The Morgan fingerprint density at radius 1 is 1.33 bits per heavy atom. The van der Waals surface area contributed by atoms with Crippen molar-refractivity contribution in [3.63, 3.8) is 0 Å². The first-order valence-electron chi connectivity index (χ1n) is 8.19. The lowest BCUT2D eigenvalue weighted by molar-refractivity contribution is 0.0991. The summed E-state index contributed by atoms with van der Waals surface area (Å²) in [7, 11) is 1.79. The number of rotatable bonds is 6. The molecule has 2 fully saturated rings. The van der Waals surface area contributed by atoms with E-state index in [-0.39, 0.29) is 24.0 Å². The van der Waals surface area contributed by atoms with Crippen LogP contribution in [-0.2, 0) is 16.1 Å². The summed E-state index contributed by atoms with van der Waals surface area (Å²) in [6, 6.07) is 8.09. The molecular weight excluding hydrogens is 441 g/mol. The van der Waals surface area contributed by atoms with Crippen LogP contribution in [0, 0.1) is 0 Å². The number of nitrogens with zero attached hydrogens (tertiary/aromatic N) is 1. The molecule has 0 spiro atoms. The minimum atomic E-state index is 0. The molecule has 1 aromatic rings. The molecule has 0 saturated carbocycles. The molecule has 2 aliphatic rings. The molecule has 2 heterocycles. The molecule has 24 heavy (non-hydrogen) atoms. The van der Waals surface area contributed by atoms with E-state index in [2.05, 4.69) is 15.6 Å². The first-order chi connectivity index (χ1) is 11.2. The molecule has 2 saturated heterocycles. The van der Waals surface area contributed by atoms with Crippen molar-refractivity contribution in [1.29, 1.82) is 0 Å². The van der Waals surface area contributed by atoms with Gasteiger partial charge in [0.25, 0.3) is 0 Å². The van der Waals surface area contributed by atoms with E-state index < -0.39 is 0 Å². The van der Waals surface area contributed by atoms with E-state index in [9.17, 15) is 0 Å². The molecule has 7 heteroatoms. The third-order valence-electron chi connectivity index (χ3n) is 4.37. The van der Waals surface area contributed by atoms with E-state index in [0.29, 0.717) is 31.5 Å². The molecule has 2 bridgehead atoms. The van der Waals surface area contributed by atoms with Crippen LogP contribution in [0.15, 0.2) is 29.3 Å². The molecule has 2 N–H and O–H groups in total. The predicted molar refractivity (Wildman–Crippen MR) is 107 cm³/mol. The zero-order valence-corrected chi connectivity index (χ0v) is 16.9. The van der Waals surface area contributed by atoms with E-state index in [1.807, 2.05) is 24.3 Å². The second-order valence-electron chi connectivity index (χ2n) is 6.04. The number of hydrogen-bond acceptors (Lipinski definition) is 3. The zero-order chi connectivity index (χ0) is 16.1. The lowest BCUT2D eigenvalue weighted by atomic mass is 9.96. The van der Waals surface area contributed by atoms with Gasteiger partial charge in [-0.05, 0) is 37.0 Å². The maximum absolute atomic E-state index is 5.86. The van der Waals surface area contributed by atoms with Gasteiger partial charge in [0.05, 0.1) is 31.5 Å². The van der Waals surface area contributed by atoms with Crippen molar-refractivity contribution in [3.8, 4) is 0 Å². The van der Waals surface area contributed by atoms with E-state index in [4.69, 9.17) is 21.1 Å². The summed E-state index contributed by atoms with van der Waals surface area (Å²) in [6.45, 7) is 1.93. The second kappa shape index (κ2) is 9.79. The standard InChI is InChI=1S/C17H24ClN3O2.HI/c1-19-17(21-15-10-14-6-7-16(15)23-14)20-8-9-22-11-12-2-4-13(18)5-3-12;/h2-5,14-16H,6-11H2,1H3,(H2,19,20,21);1H. The average Bonchev–Trinajstić information content (AvgIpc) is 3.18. The summed E-state index contributed by atoms with van der Waals surface area (Å²) >= 11 is 5.86. The highest BCUT2D eigenvalue weighted by Gasteiger charge is 2.41. The number of aliphatic imine (C=N–C) groups is 1. The summed E-state index contributed by atoms with van der Waals surface area (Å²) < 4.78 is 11.5.